The number of hydrogen-bond donors (Lipinski definition) is 2. The number of likely N-dealkylation sites (tertiary alicyclic amines) is 1. The Balaban J connectivity index is 1.94. The van der Waals surface area contributed by atoms with E-state index in [0.29, 0.717) is 5.56 Å². The molecule has 3 rings (SSSR count). The summed E-state index contributed by atoms with van der Waals surface area (Å²) in [7, 11) is 1.21. The fraction of sp³-hybridized carbons (Fsp3) is 0.455. The van der Waals surface area contributed by atoms with Crippen molar-refractivity contribution in [2.45, 2.75) is 70.9 Å². The minimum Gasteiger partial charge on any atom is -0.444 e. The van der Waals surface area contributed by atoms with E-state index in [-0.39, 0.29) is 37.1 Å². The average molecular weight is 661 g/mol. The summed E-state index contributed by atoms with van der Waals surface area (Å²) in [6.45, 7) is 5.76. The molecule has 4 amide bonds. The summed E-state index contributed by atoms with van der Waals surface area (Å²) in [6, 6.07) is 10.5. The molecular weight excluding hydrogens is 621 g/mol. The Morgan fingerprint density at radius 2 is 1.51 bits per heavy atom. The van der Waals surface area contributed by atoms with Gasteiger partial charge in [0, 0.05) is 24.7 Å². The van der Waals surface area contributed by atoms with E-state index in [2.05, 4.69) is 5.32 Å². The number of rotatable bonds is 11. The lowest BCUT2D eigenvalue weighted by molar-refractivity contribution is -0.175. The molecule has 0 bridgehead atoms. The summed E-state index contributed by atoms with van der Waals surface area (Å²) >= 11 is 0. The van der Waals surface area contributed by atoms with Crippen LogP contribution in [0.2, 0.25) is 0 Å². The fourth-order valence-electron chi connectivity index (χ4n) is 5.23. The maximum absolute atomic E-state index is 14.2. The van der Waals surface area contributed by atoms with Gasteiger partial charge in [-0.1, -0.05) is 70.2 Å². The third-order valence-electron chi connectivity index (χ3n) is 8.09. The maximum Gasteiger partial charge on any atom is 0.452 e. The van der Waals surface area contributed by atoms with Crippen LogP contribution in [0.25, 0.3) is 0 Å². The molecule has 1 aliphatic rings. The summed E-state index contributed by atoms with van der Waals surface area (Å²) in [6.07, 6.45) is -6.31. The molecular formula is C33H39F3N4O7. The number of benzene rings is 2. The van der Waals surface area contributed by atoms with E-state index < -0.39 is 71.0 Å². The lowest BCUT2D eigenvalue weighted by Crippen LogP contribution is -2.67. The number of ether oxygens (including phenoxy) is 1. The van der Waals surface area contributed by atoms with Gasteiger partial charge >= 0.3 is 12.3 Å². The highest BCUT2D eigenvalue weighted by Crippen LogP contribution is 2.35. The van der Waals surface area contributed by atoms with E-state index in [4.69, 9.17) is 10.5 Å². The molecule has 47 heavy (non-hydrogen) atoms. The van der Waals surface area contributed by atoms with Crippen molar-refractivity contribution < 1.29 is 46.7 Å². The van der Waals surface area contributed by atoms with Crippen LogP contribution in [0.3, 0.4) is 0 Å². The first-order chi connectivity index (χ1) is 21.9. The number of nitrogens with two attached hydrogens (primary N) is 1. The summed E-state index contributed by atoms with van der Waals surface area (Å²) in [4.78, 5) is 81.1. The molecule has 0 saturated carbocycles. The van der Waals surface area contributed by atoms with E-state index >= 15 is 0 Å². The van der Waals surface area contributed by atoms with Gasteiger partial charge in [-0.2, -0.15) is 13.2 Å². The Hall–Kier alpha value is -4.59. The third kappa shape index (κ3) is 8.05. The highest BCUT2D eigenvalue weighted by atomic mass is 19.4. The lowest BCUT2D eigenvalue weighted by atomic mass is 9.83. The first-order valence-corrected chi connectivity index (χ1v) is 15.1. The predicted octanol–water partition coefficient (Wildman–Crippen LogP) is 3.89. The van der Waals surface area contributed by atoms with Gasteiger partial charge in [-0.05, 0) is 42.4 Å². The molecule has 1 unspecified atom stereocenters. The van der Waals surface area contributed by atoms with Crippen molar-refractivity contribution in [3.63, 3.8) is 0 Å². The number of ketones is 2. The van der Waals surface area contributed by atoms with E-state index in [1.807, 2.05) is 0 Å². The van der Waals surface area contributed by atoms with Gasteiger partial charge in [0.15, 0.2) is 11.3 Å². The molecule has 14 heteroatoms. The Morgan fingerprint density at radius 3 is 2.04 bits per heavy atom. The molecule has 2 aromatic rings. The van der Waals surface area contributed by atoms with Crippen LogP contribution in [0.5, 0.6) is 0 Å². The van der Waals surface area contributed by atoms with Crippen molar-refractivity contribution >= 4 is 35.4 Å². The molecule has 11 nitrogen and oxygen atoms in total. The van der Waals surface area contributed by atoms with Crippen LogP contribution in [0, 0.1) is 11.8 Å². The van der Waals surface area contributed by atoms with Crippen LogP contribution in [0.4, 0.5) is 18.0 Å². The van der Waals surface area contributed by atoms with E-state index in [0.717, 1.165) is 9.80 Å². The number of alkyl halides is 3. The molecule has 3 N–H and O–H groups in total. The zero-order valence-corrected chi connectivity index (χ0v) is 26.8. The molecule has 1 saturated heterocycles. The summed E-state index contributed by atoms with van der Waals surface area (Å²) in [5, 5.41) is 2.11. The average Bonchev–Trinajstić information content (AvgIpc) is 3.50. The van der Waals surface area contributed by atoms with Crippen molar-refractivity contribution in [1.29, 1.82) is 0 Å². The first kappa shape index (κ1) is 36.9. The Labute approximate surface area is 270 Å². The zero-order chi connectivity index (χ0) is 35.3. The van der Waals surface area contributed by atoms with Crippen molar-refractivity contribution in [1.82, 2.24) is 15.1 Å². The maximum atomic E-state index is 14.2. The topological polar surface area (TPSA) is 156 Å². The second-order valence-electron chi connectivity index (χ2n) is 12.1. The van der Waals surface area contributed by atoms with Crippen LogP contribution in [0.15, 0.2) is 54.6 Å². The van der Waals surface area contributed by atoms with E-state index in [1.165, 1.54) is 45.2 Å². The van der Waals surface area contributed by atoms with Gasteiger partial charge in [-0.25, -0.2) is 9.69 Å². The van der Waals surface area contributed by atoms with Crippen molar-refractivity contribution in [2.24, 2.45) is 17.6 Å². The summed E-state index contributed by atoms with van der Waals surface area (Å²) < 4.78 is 45.5. The molecule has 1 fully saturated rings. The number of nitrogens with one attached hydrogen (secondary N) is 1. The quantitative estimate of drug-likeness (QED) is 0.272. The van der Waals surface area contributed by atoms with Crippen LogP contribution in [-0.2, 0) is 25.7 Å². The number of imide groups is 1. The van der Waals surface area contributed by atoms with Crippen LogP contribution in [-0.4, -0.2) is 82.6 Å². The van der Waals surface area contributed by atoms with Gasteiger partial charge in [0.1, 0.15) is 6.61 Å². The van der Waals surface area contributed by atoms with Gasteiger partial charge in [0.25, 0.3) is 17.6 Å². The zero-order valence-electron chi connectivity index (χ0n) is 26.8. The smallest absolute Gasteiger partial charge is 0.444 e. The lowest BCUT2D eigenvalue weighted by Gasteiger charge is -2.39. The molecule has 2 aromatic carbocycles. The van der Waals surface area contributed by atoms with Gasteiger partial charge in [0.2, 0.25) is 5.91 Å². The van der Waals surface area contributed by atoms with Crippen molar-refractivity contribution in [3.8, 4) is 0 Å². The van der Waals surface area contributed by atoms with Gasteiger partial charge in [-0.3, -0.25) is 24.0 Å². The number of halogens is 3. The summed E-state index contributed by atoms with van der Waals surface area (Å²) in [5.41, 5.74) is 4.31. The minimum atomic E-state index is -5.27. The number of amides is 4. The van der Waals surface area contributed by atoms with Crippen LogP contribution < -0.4 is 11.1 Å². The predicted molar refractivity (Wildman–Crippen MR) is 164 cm³/mol. The fourth-order valence-corrected chi connectivity index (χ4v) is 5.23. The SMILES string of the molecule is CC(C)C(NC(=O)[C@]1(C(=O)c2ccc(C(=O)N(C)C(=O)OCc3ccccc3)cc2)CCCN1C(=O)[C@@H](N)C(C)C)C(=O)C(F)(F)F. The second-order valence-corrected chi connectivity index (χ2v) is 12.1. The Bertz CT molecular complexity index is 1500. The molecule has 0 aliphatic carbocycles. The monoisotopic (exact) mass is 660 g/mol. The number of carbonyl (C=O) groups excluding carboxylic acids is 6. The van der Waals surface area contributed by atoms with Gasteiger partial charge < -0.3 is 20.7 Å². The molecule has 1 aliphatic heterocycles. The number of carbonyl (C=O) groups is 6. The normalized spacial score (nSPS) is 17.6. The molecule has 0 aromatic heterocycles. The van der Waals surface area contributed by atoms with Crippen molar-refractivity contribution in [2.75, 3.05) is 13.6 Å². The van der Waals surface area contributed by atoms with Gasteiger partial charge in [0.05, 0.1) is 12.1 Å². The van der Waals surface area contributed by atoms with Crippen LogP contribution >= 0.6 is 0 Å². The first-order valence-electron chi connectivity index (χ1n) is 15.1. The van der Waals surface area contributed by atoms with Crippen molar-refractivity contribution in [3.05, 3.63) is 71.3 Å². The Kier molecular flexibility index (Phi) is 11.7. The number of Topliss-reactive ketones (excluding diaryl/α,β-unsaturated/α-hetero) is 2. The minimum absolute atomic E-state index is 0.0176. The number of nitrogens with zero attached hydrogens (tertiary/aromatic N) is 2. The number of hydrogen-bond acceptors (Lipinski definition) is 8. The highest BCUT2D eigenvalue weighted by Gasteiger charge is 2.57. The summed E-state index contributed by atoms with van der Waals surface area (Å²) in [5.74, 6) is -7.32. The standard InChI is InChI=1S/C33H39F3N4O7/c1-19(2)24(37)29(44)40-17-9-16-32(40,30(45)38-25(20(3)4)27(42)33(34,35)36)26(41)22-12-14-23(15-13-22)28(43)39(5)31(46)47-18-21-10-7-6-8-11-21/h6-8,10-15,19-20,24-25H,9,16-18,37H2,1-5H3,(H,38,45)/t24-,25?,32+/m0/s1. The van der Waals surface area contributed by atoms with Crippen LogP contribution in [0.1, 0.15) is 66.8 Å². The van der Waals surface area contributed by atoms with Gasteiger partial charge in [-0.15, -0.1) is 0 Å². The molecule has 0 spiro atoms. The Morgan fingerprint density at radius 1 is 0.936 bits per heavy atom. The van der Waals surface area contributed by atoms with E-state index in [9.17, 15) is 41.9 Å². The molecule has 3 atom stereocenters. The molecule has 254 valence electrons. The highest BCUT2D eigenvalue weighted by molar-refractivity contribution is 6.20. The largest absolute Gasteiger partial charge is 0.452 e. The van der Waals surface area contributed by atoms with E-state index in [1.54, 1.807) is 44.2 Å². The third-order valence-corrected chi connectivity index (χ3v) is 8.09. The molecule has 1 heterocycles. The molecule has 0 radical (unpaired) electrons. The second kappa shape index (κ2) is 14.9.